The topological polar surface area (TPSA) is 46.6 Å². The number of hydrogen-bond donors (Lipinski definition) is 0. The van der Waals surface area contributed by atoms with Gasteiger partial charge in [-0.25, -0.2) is 0 Å². The smallest absolute Gasteiger partial charge is 0.397 e. The number of esters is 1. The Morgan fingerprint density at radius 2 is 1.70 bits per heavy atom. The molecule has 1 rings (SSSR count). The van der Waals surface area contributed by atoms with Crippen molar-refractivity contribution in [3.8, 4) is 0 Å². The largest absolute Gasteiger partial charge is 0.460 e. The zero-order chi connectivity index (χ0) is 21.0. The second-order valence-corrected chi connectivity index (χ2v) is 9.18. The summed E-state index contributed by atoms with van der Waals surface area (Å²) >= 11 is 0. The van der Waals surface area contributed by atoms with E-state index in [2.05, 4.69) is 13.8 Å². The first-order valence-corrected chi connectivity index (χ1v) is 9.78. The van der Waals surface area contributed by atoms with E-state index in [9.17, 15) is 22.8 Å². The van der Waals surface area contributed by atoms with Crippen LogP contribution in [0.25, 0.3) is 0 Å². The van der Waals surface area contributed by atoms with Crippen LogP contribution in [0.15, 0.2) is 0 Å². The zero-order valence-corrected chi connectivity index (χ0v) is 17.4. The second-order valence-electron chi connectivity index (χ2n) is 9.18. The van der Waals surface area contributed by atoms with Crippen LogP contribution in [0.3, 0.4) is 0 Å². The molecule has 0 saturated carbocycles. The Kier molecular flexibility index (Phi) is 8.17. The number of alkyl halides is 3. The maximum Gasteiger partial charge on any atom is 0.397 e. The van der Waals surface area contributed by atoms with E-state index in [0.29, 0.717) is 18.9 Å². The Morgan fingerprint density at radius 1 is 1.11 bits per heavy atom. The third-order valence-electron chi connectivity index (χ3n) is 5.00. The summed E-state index contributed by atoms with van der Waals surface area (Å²) in [6, 6.07) is -0.513. The molecule has 1 amide bonds. The molecule has 0 N–H and O–H groups in total. The lowest BCUT2D eigenvalue weighted by molar-refractivity contribution is -0.174. The zero-order valence-electron chi connectivity index (χ0n) is 17.4. The molecule has 4 nitrogen and oxygen atoms in total. The molecule has 0 aromatic carbocycles. The Balaban J connectivity index is 2.89. The van der Waals surface area contributed by atoms with Crippen molar-refractivity contribution in [2.75, 3.05) is 6.54 Å². The summed E-state index contributed by atoms with van der Waals surface area (Å²) in [4.78, 5) is 25.8. The molecule has 0 aromatic heterocycles. The van der Waals surface area contributed by atoms with Crippen molar-refractivity contribution in [1.29, 1.82) is 0 Å². The molecular formula is C20H34F3NO3. The van der Waals surface area contributed by atoms with Crippen molar-refractivity contribution in [3.63, 3.8) is 0 Å². The average Bonchev–Trinajstić information content (AvgIpc) is 2.49. The van der Waals surface area contributed by atoms with E-state index >= 15 is 0 Å². The highest BCUT2D eigenvalue weighted by Gasteiger charge is 2.41. The summed E-state index contributed by atoms with van der Waals surface area (Å²) < 4.78 is 43.8. The maximum absolute atomic E-state index is 12.8. The van der Waals surface area contributed by atoms with Crippen molar-refractivity contribution in [3.05, 3.63) is 0 Å². The number of hydrogen-bond acceptors (Lipinski definition) is 3. The molecule has 1 fully saturated rings. The molecular weight excluding hydrogens is 359 g/mol. The van der Waals surface area contributed by atoms with Crippen LogP contribution in [0.2, 0.25) is 0 Å². The summed E-state index contributed by atoms with van der Waals surface area (Å²) in [5, 5.41) is 0. The van der Waals surface area contributed by atoms with Gasteiger partial charge in [0.2, 0.25) is 5.91 Å². The lowest BCUT2D eigenvalue weighted by Crippen LogP contribution is -2.53. The minimum atomic E-state index is -4.54. The van der Waals surface area contributed by atoms with Crippen molar-refractivity contribution in [1.82, 2.24) is 4.90 Å². The highest BCUT2D eigenvalue weighted by Crippen LogP contribution is 2.32. The van der Waals surface area contributed by atoms with Crippen LogP contribution in [-0.4, -0.2) is 41.6 Å². The molecule has 3 atom stereocenters. The number of carbonyl (C=O) groups excluding carboxylic acids is 2. The first-order chi connectivity index (χ1) is 12.2. The Hall–Kier alpha value is -1.27. The van der Waals surface area contributed by atoms with Crippen LogP contribution in [0.1, 0.15) is 73.6 Å². The van der Waals surface area contributed by atoms with E-state index in [1.54, 1.807) is 27.7 Å². The number of rotatable bonds is 6. The molecule has 2 unspecified atom stereocenters. The van der Waals surface area contributed by atoms with Gasteiger partial charge >= 0.3 is 12.1 Å². The average molecular weight is 393 g/mol. The molecule has 0 aliphatic carbocycles. The predicted octanol–water partition coefficient (Wildman–Crippen LogP) is 4.96. The third-order valence-corrected chi connectivity index (χ3v) is 5.00. The molecule has 0 radical (unpaired) electrons. The van der Waals surface area contributed by atoms with E-state index in [1.165, 1.54) is 4.90 Å². The van der Waals surface area contributed by atoms with Gasteiger partial charge in [0.1, 0.15) is 12.5 Å². The second kappa shape index (κ2) is 9.28. The van der Waals surface area contributed by atoms with Gasteiger partial charge in [-0.3, -0.25) is 9.59 Å². The van der Waals surface area contributed by atoms with Gasteiger partial charge in [-0.15, -0.1) is 0 Å². The van der Waals surface area contributed by atoms with Crippen molar-refractivity contribution in [2.24, 2.45) is 17.3 Å². The van der Waals surface area contributed by atoms with Crippen LogP contribution < -0.4 is 0 Å². The molecule has 27 heavy (non-hydrogen) atoms. The number of halogens is 3. The highest BCUT2D eigenvalue weighted by molar-refractivity contribution is 5.78. The maximum atomic E-state index is 12.8. The molecule has 0 bridgehead atoms. The van der Waals surface area contributed by atoms with Gasteiger partial charge in [-0.2, -0.15) is 13.2 Å². The van der Waals surface area contributed by atoms with Gasteiger partial charge in [0.25, 0.3) is 0 Å². The van der Waals surface area contributed by atoms with Gasteiger partial charge in [0, 0.05) is 6.54 Å². The number of amides is 1. The molecule has 0 aromatic rings. The Bertz CT molecular complexity index is 512. The van der Waals surface area contributed by atoms with Gasteiger partial charge in [0.15, 0.2) is 0 Å². The van der Waals surface area contributed by atoms with Crippen LogP contribution in [0, 0.1) is 17.3 Å². The van der Waals surface area contributed by atoms with Crippen molar-refractivity contribution < 1.29 is 27.5 Å². The van der Waals surface area contributed by atoms with E-state index < -0.39 is 42.0 Å². The summed E-state index contributed by atoms with van der Waals surface area (Å²) in [5.41, 5.74) is -0.705. The van der Waals surface area contributed by atoms with Crippen LogP contribution in [0.4, 0.5) is 13.2 Å². The van der Waals surface area contributed by atoms with Crippen molar-refractivity contribution >= 4 is 11.9 Å². The lowest BCUT2D eigenvalue weighted by Gasteiger charge is -2.42. The molecule has 158 valence electrons. The standard InChI is InChI=1S/C20H34F3NO3/c1-13(2)7-8-15-9-10-16(14(3)27-18(26)19(4,5)6)24(12-15)17(25)11-20(21,22)23/h13-16H,7-12H2,1-6H3/t14-,15?,16?/m0/s1. The summed E-state index contributed by atoms with van der Waals surface area (Å²) in [5.74, 6) is -0.652. The number of nitrogens with zero attached hydrogens (tertiary/aromatic N) is 1. The molecule has 0 spiro atoms. The first kappa shape index (κ1) is 23.8. The normalized spacial score (nSPS) is 22.7. The third kappa shape index (κ3) is 8.09. The fourth-order valence-electron chi connectivity index (χ4n) is 3.34. The van der Waals surface area contributed by atoms with Crippen LogP contribution >= 0.6 is 0 Å². The fraction of sp³-hybridized carbons (Fsp3) is 0.900. The van der Waals surface area contributed by atoms with Crippen LogP contribution in [-0.2, 0) is 14.3 Å². The van der Waals surface area contributed by atoms with Crippen molar-refractivity contribution in [2.45, 2.75) is 92.0 Å². The monoisotopic (exact) mass is 393 g/mol. The fourth-order valence-corrected chi connectivity index (χ4v) is 3.34. The number of piperidine rings is 1. The minimum absolute atomic E-state index is 0.186. The molecule has 7 heteroatoms. The SMILES string of the molecule is CC(C)CCC1CCC([C@H](C)OC(=O)C(C)(C)C)N(C(=O)CC(F)(F)F)C1. The quantitative estimate of drug-likeness (QED) is 0.599. The Labute approximate surface area is 160 Å². The lowest BCUT2D eigenvalue weighted by atomic mass is 9.85. The van der Waals surface area contributed by atoms with Gasteiger partial charge in [0.05, 0.1) is 11.5 Å². The number of carbonyl (C=O) groups is 2. The predicted molar refractivity (Wildman–Crippen MR) is 98.0 cm³/mol. The first-order valence-electron chi connectivity index (χ1n) is 9.78. The Morgan fingerprint density at radius 3 is 2.19 bits per heavy atom. The van der Waals surface area contributed by atoms with Gasteiger partial charge in [-0.05, 0) is 58.8 Å². The van der Waals surface area contributed by atoms with E-state index in [0.717, 1.165) is 19.3 Å². The number of ether oxygens (including phenoxy) is 1. The number of likely N-dealkylation sites (tertiary alicyclic amines) is 1. The van der Waals surface area contributed by atoms with E-state index in [1.807, 2.05) is 0 Å². The summed E-state index contributed by atoms with van der Waals surface area (Å²) in [7, 11) is 0. The molecule has 1 heterocycles. The van der Waals surface area contributed by atoms with E-state index in [-0.39, 0.29) is 5.92 Å². The van der Waals surface area contributed by atoms with Crippen LogP contribution in [0.5, 0.6) is 0 Å². The van der Waals surface area contributed by atoms with E-state index in [4.69, 9.17) is 4.74 Å². The highest BCUT2D eigenvalue weighted by atomic mass is 19.4. The van der Waals surface area contributed by atoms with Gasteiger partial charge < -0.3 is 9.64 Å². The molecule has 1 aliphatic heterocycles. The summed E-state index contributed by atoms with van der Waals surface area (Å²) in [6.07, 6.45) is -3.42. The molecule has 1 aliphatic rings. The van der Waals surface area contributed by atoms with Gasteiger partial charge in [-0.1, -0.05) is 20.3 Å². The molecule has 1 saturated heterocycles. The minimum Gasteiger partial charge on any atom is -0.460 e. The summed E-state index contributed by atoms with van der Waals surface area (Å²) in [6.45, 7) is 11.3.